The Hall–Kier alpha value is -5.54. The molecular weight excluding hydrogens is 815 g/mol. The molecule has 19 heteroatoms. The molecule has 0 amide bonds. The number of aliphatic imine (C=N–C) groups is 3. The minimum absolute atomic E-state index is 0.0251. The van der Waals surface area contributed by atoms with Gasteiger partial charge in [-0.1, -0.05) is 96.1 Å². The molecule has 0 radical (unpaired) electrons. The van der Waals surface area contributed by atoms with E-state index in [2.05, 4.69) is 24.9 Å². The van der Waals surface area contributed by atoms with E-state index in [1.54, 1.807) is 18.2 Å². The van der Waals surface area contributed by atoms with Gasteiger partial charge in [-0.2, -0.15) is 16.8 Å². The molecule has 59 heavy (non-hydrogen) atoms. The molecule has 0 saturated heterocycles. The van der Waals surface area contributed by atoms with E-state index in [0.29, 0.717) is 32.4 Å². The van der Waals surface area contributed by atoms with E-state index in [4.69, 9.17) is 26.0 Å². The van der Waals surface area contributed by atoms with Crippen LogP contribution in [-0.2, 0) is 26.8 Å². The second-order valence-corrected chi connectivity index (χ2v) is 15.1. The standard InChI is InChI=1S/C33H25N9O6S3.3C2H6.CH4O/c1-15-6-2-8-17-23(15)31-36-14-16-7-3-11-20(49-35)24(16)27(34)37-28-18-9-4-12-21(50(43,44)45)25(18)32(39-28)41-30-19-10-5-13-22(51(46,47)48)26(19)33(42-30)40-29(17)38-31;4*1-2/h2-13,39H,14,35H2,1H3,(H2,34,37)(H,43,44,45)(H,46,47,48)(H,36,38,40,41,42);3*1-2H3;2H,1H3. The van der Waals surface area contributed by atoms with Crippen molar-refractivity contribution in [3.8, 4) is 0 Å². The van der Waals surface area contributed by atoms with Gasteiger partial charge in [-0.25, -0.2) is 20.0 Å². The van der Waals surface area contributed by atoms with E-state index in [-0.39, 0.29) is 57.6 Å². The average molecular weight is 862 g/mol. The van der Waals surface area contributed by atoms with Gasteiger partial charge in [0.15, 0.2) is 11.7 Å². The largest absolute Gasteiger partial charge is 0.400 e. The number of aromatic amines is 2. The molecule has 2 aliphatic rings. The normalized spacial score (nSPS) is 14.7. The zero-order valence-electron chi connectivity index (χ0n) is 33.7. The van der Waals surface area contributed by atoms with Crippen LogP contribution >= 0.6 is 11.9 Å². The lowest BCUT2D eigenvalue weighted by Crippen LogP contribution is -2.18. The van der Waals surface area contributed by atoms with E-state index in [9.17, 15) is 25.9 Å². The highest BCUT2D eigenvalue weighted by atomic mass is 32.2. The molecule has 2 aliphatic heterocycles. The summed E-state index contributed by atoms with van der Waals surface area (Å²) in [5.41, 5.74) is 9.73. The number of hydrogen-bond donors (Lipinski definition) is 7. The summed E-state index contributed by atoms with van der Waals surface area (Å²) in [5.74, 6) is -0.117. The number of nitrogens with one attached hydrogen (secondary N) is 2. The summed E-state index contributed by atoms with van der Waals surface area (Å²) >= 11 is 0.973. The topological polar surface area (TPSA) is 274 Å². The summed E-state index contributed by atoms with van der Waals surface area (Å²) in [6.07, 6.45) is 0. The highest BCUT2D eigenvalue weighted by molar-refractivity contribution is 7.97. The highest BCUT2D eigenvalue weighted by Gasteiger charge is 2.31. The third-order valence-corrected chi connectivity index (χ3v) is 11.0. The van der Waals surface area contributed by atoms with Gasteiger partial charge in [0.2, 0.25) is 0 Å². The zero-order chi connectivity index (χ0) is 43.8. The molecule has 9 N–H and O–H groups in total. The predicted octanol–water partition coefficient (Wildman–Crippen LogP) is 6.43. The summed E-state index contributed by atoms with van der Waals surface area (Å²) in [7, 11) is -8.58. The van der Waals surface area contributed by atoms with Crippen molar-refractivity contribution in [3.63, 3.8) is 0 Å². The van der Waals surface area contributed by atoms with Gasteiger partial charge in [0.25, 0.3) is 20.2 Å². The van der Waals surface area contributed by atoms with Crippen LogP contribution in [0, 0.1) is 6.92 Å². The van der Waals surface area contributed by atoms with Crippen LogP contribution in [0.15, 0.2) is 112 Å². The van der Waals surface area contributed by atoms with E-state index >= 15 is 0 Å². The molecule has 8 rings (SSSR count). The van der Waals surface area contributed by atoms with Crippen LogP contribution in [0.1, 0.15) is 69.4 Å². The number of H-pyrrole nitrogens is 2. The lowest BCUT2D eigenvalue weighted by molar-refractivity contribution is 0.399. The number of nitrogens with two attached hydrogens (primary N) is 2. The second-order valence-electron chi connectivity index (χ2n) is 11.7. The number of aryl methyl sites for hydroxylation is 1. The Kier molecular flexibility index (Phi) is 15.2. The van der Waals surface area contributed by atoms with E-state index in [0.717, 1.165) is 30.0 Å². The minimum atomic E-state index is -4.80. The molecule has 4 aromatic carbocycles. The molecule has 6 aromatic rings. The number of fused-ring (bicyclic) bond motifs is 15. The van der Waals surface area contributed by atoms with Gasteiger partial charge in [-0.05, 0) is 48.2 Å². The van der Waals surface area contributed by atoms with E-state index < -0.39 is 30.0 Å². The first-order chi connectivity index (χ1) is 28.3. The first-order valence-corrected chi connectivity index (χ1v) is 22.3. The average Bonchev–Trinajstić information content (AvgIpc) is 3.90. The number of rotatable bonds is 3. The number of amidine groups is 3. The molecule has 0 fully saturated rings. The van der Waals surface area contributed by atoms with Crippen molar-refractivity contribution in [1.29, 1.82) is 0 Å². The maximum Gasteiger partial charge on any atom is 0.295 e. The van der Waals surface area contributed by atoms with Crippen LogP contribution < -0.4 is 21.8 Å². The fourth-order valence-corrected chi connectivity index (χ4v) is 8.36. The van der Waals surface area contributed by atoms with E-state index in [1.165, 1.54) is 24.3 Å². The lowest BCUT2D eigenvalue weighted by Gasteiger charge is -2.11. The molecule has 2 aromatic heterocycles. The first kappa shape index (κ1) is 46.2. The van der Waals surface area contributed by atoms with Gasteiger partial charge in [-0.3, -0.25) is 19.2 Å². The fourth-order valence-electron chi connectivity index (χ4n) is 6.43. The van der Waals surface area contributed by atoms with E-state index in [1.807, 2.05) is 78.8 Å². The number of benzene rings is 4. The molecule has 0 unspecified atom stereocenters. The van der Waals surface area contributed by atoms with Gasteiger partial charge < -0.3 is 20.8 Å². The Bertz CT molecular complexity index is 2970. The van der Waals surface area contributed by atoms with Gasteiger partial charge >= 0.3 is 0 Å². The monoisotopic (exact) mass is 861 g/mol. The Balaban J connectivity index is 0.000000908. The van der Waals surface area contributed by atoms with Crippen LogP contribution in [0.2, 0.25) is 0 Å². The summed E-state index contributed by atoms with van der Waals surface area (Å²) in [5, 5.41) is 14.7. The van der Waals surface area contributed by atoms with Crippen molar-refractivity contribution < 1.29 is 31.0 Å². The van der Waals surface area contributed by atoms with Crippen molar-refractivity contribution in [2.75, 3.05) is 7.11 Å². The van der Waals surface area contributed by atoms with Crippen molar-refractivity contribution in [3.05, 3.63) is 112 Å². The van der Waals surface area contributed by atoms with Gasteiger partial charge in [0, 0.05) is 44.7 Å². The summed E-state index contributed by atoms with van der Waals surface area (Å²) in [4.78, 5) is 29.6. The van der Waals surface area contributed by atoms with Gasteiger partial charge in [0.1, 0.15) is 38.2 Å². The fraction of sp³-hybridized carbons (Fsp3) is 0.225. The number of aromatic nitrogens is 2. The van der Waals surface area contributed by atoms with Crippen molar-refractivity contribution >= 4 is 82.9 Å². The molecule has 4 heterocycles. The van der Waals surface area contributed by atoms with Crippen LogP contribution in [0.3, 0.4) is 0 Å². The third kappa shape index (κ3) is 9.05. The van der Waals surface area contributed by atoms with Crippen LogP contribution in [-0.4, -0.2) is 65.6 Å². The Morgan fingerprint density at radius 3 is 1.92 bits per heavy atom. The molecule has 0 aliphatic carbocycles. The van der Waals surface area contributed by atoms with Gasteiger partial charge in [0.05, 0.1) is 12.1 Å². The molecule has 0 saturated carbocycles. The van der Waals surface area contributed by atoms with Gasteiger partial charge in [-0.15, -0.1) is 0 Å². The van der Waals surface area contributed by atoms with Crippen LogP contribution in [0.4, 0.5) is 11.6 Å². The molecule has 16 nitrogen and oxygen atoms in total. The molecule has 0 atom stereocenters. The quantitative estimate of drug-likeness (QED) is 0.0756. The lowest BCUT2D eigenvalue weighted by atomic mass is 10.1. The Morgan fingerprint density at radius 2 is 1.25 bits per heavy atom. The van der Waals surface area contributed by atoms with Crippen LogP contribution in [0.5, 0.6) is 0 Å². The van der Waals surface area contributed by atoms with Crippen molar-refractivity contribution in [1.82, 2.24) is 9.97 Å². The second kappa shape index (κ2) is 19.5. The summed E-state index contributed by atoms with van der Waals surface area (Å²) < 4.78 is 71.1. The smallest absolute Gasteiger partial charge is 0.295 e. The Labute approximate surface area is 346 Å². The highest BCUT2D eigenvalue weighted by Crippen LogP contribution is 2.40. The predicted molar refractivity (Wildman–Crippen MR) is 235 cm³/mol. The van der Waals surface area contributed by atoms with Crippen LogP contribution in [0.25, 0.3) is 21.5 Å². The number of nitrogens with zero attached hydrogens (tertiary/aromatic N) is 5. The molecular formula is C40H47N9O7S3. The first-order valence-electron chi connectivity index (χ1n) is 18.5. The SMILES string of the molecule is CC.CC.CC.CO.Cc1cccc2c3[nH]c(c12)=NCc1cccc(SN)c1/C(N)=N/c1[nH]c(c2c(S(=O)(=O)O)cccc12)/N=C1\N=C(N=3)c2c1cccc2S(=O)(=O)O. The minimum Gasteiger partial charge on any atom is -0.400 e. The number of aliphatic hydroxyl groups excluding tert-OH is 1. The molecule has 312 valence electrons. The summed E-state index contributed by atoms with van der Waals surface area (Å²) in [6.45, 7) is 14.0. The number of aliphatic hydroxyl groups is 1. The van der Waals surface area contributed by atoms with Crippen molar-refractivity contribution in [2.24, 2.45) is 35.8 Å². The third-order valence-electron chi connectivity index (χ3n) is 8.59. The zero-order valence-corrected chi connectivity index (χ0v) is 36.2. The molecule has 6 bridgehead atoms. The van der Waals surface area contributed by atoms with Crippen molar-refractivity contribution in [2.45, 2.75) is 69.7 Å². The Morgan fingerprint density at radius 1 is 0.644 bits per heavy atom. The molecule has 0 spiro atoms. The number of hydrogen-bond acceptors (Lipinski definition) is 13. The maximum absolute atomic E-state index is 12.7. The maximum atomic E-state index is 12.7. The summed E-state index contributed by atoms with van der Waals surface area (Å²) in [6, 6.07) is 19.4.